The van der Waals surface area contributed by atoms with Crippen LogP contribution in [0.3, 0.4) is 0 Å². The molecule has 42 heavy (non-hydrogen) atoms. The Morgan fingerprint density at radius 2 is 2.07 bits per heavy atom. The van der Waals surface area contributed by atoms with E-state index >= 15 is 0 Å². The van der Waals surface area contributed by atoms with Crippen LogP contribution in [0.25, 0.3) is 33.6 Å². The number of fused-ring (bicyclic) bond motifs is 3. The predicted molar refractivity (Wildman–Crippen MR) is 154 cm³/mol. The van der Waals surface area contributed by atoms with Crippen LogP contribution < -0.4 is 10.5 Å². The number of carbonyl (C=O) groups is 1. The molecule has 4 aromatic heterocycles. The molecule has 1 saturated carbocycles. The molecule has 10 nitrogen and oxygen atoms in total. The van der Waals surface area contributed by atoms with Gasteiger partial charge >= 0.3 is 0 Å². The van der Waals surface area contributed by atoms with Gasteiger partial charge in [0.05, 0.1) is 34.8 Å². The standard InChI is InChI=1S/C30H32F2N8O2/c1-37-28-23(12-21-22(35-28)7-9-38(30(21)41)15-20(33)13-31)36-29(37)24-11-19-3-2-4-25(27(19)40(24)14-18-5-6-18)42-16-26(32)39-10-8-34-17-39/h2-4,8,10-12,17-18,20,26H,5-7,9,13-16,33H2,1H3/t20-,26?/m1/s1. The van der Waals surface area contributed by atoms with Crippen LogP contribution in [0.15, 0.2) is 49.1 Å². The molecule has 1 aliphatic carbocycles. The second kappa shape index (κ2) is 10.5. The van der Waals surface area contributed by atoms with Crippen molar-refractivity contribution in [3.63, 3.8) is 0 Å². The van der Waals surface area contributed by atoms with Gasteiger partial charge in [-0.05, 0) is 37.0 Å². The molecule has 0 bridgehead atoms. The lowest BCUT2D eigenvalue weighted by atomic mass is 10.0. The summed E-state index contributed by atoms with van der Waals surface area (Å²) in [7, 11) is 1.93. The quantitative estimate of drug-likeness (QED) is 0.270. The molecular formula is C30H32F2N8O2. The number of nitrogens with zero attached hydrogens (tertiary/aromatic N) is 7. The third-order valence-electron chi connectivity index (χ3n) is 8.19. The summed E-state index contributed by atoms with van der Waals surface area (Å²) in [5.74, 6) is 1.67. The first-order valence-corrected chi connectivity index (χ1v) is 14.3. The zero-order valence-corrected chi connectivity index (χ0v) is 23.3. The molecule has 7 rings (SSSR count). The highest BCUT2D eigenvalue weighted by molar-refractivity contribution is 5.99. The van der Waals surface area contributed by atoms with Gasteiger partial charge < -0.3 is 29.1 Å². The molecule has 1 aromatic carbocycles. The molecule has 1 aliphatic heterocycles. The highest BCUT2D eigenvalue weighted by Crippen LogP contribution is 2.39. The maximum absolute atomic E-state index is 14.8. The number of aromatic nitrogens is 6. The number of halogens is 2. The van der Waals surface area contributed by atoms with E-state index in [9.17, 15) is 13.6 Å². The lowest BCUT2D eigenvalue weighted by molar-refractivity contribution is 0.0723. The number of rotatable bonds is 10. The molecule has 1 amide bonds. The highest BCUT2D eigenvalue weighted by Gasteiger charge is 2.30. The number of aryl methyl sites for hydroxylation is 1. The zero-order chi connectivity index (χ0) is 29.0. The van der Waals surface area contributed by atoms with Crippen molar-refractivity contribution < 1.29 is 18.3 Å². The number of carbonyl (C=O) groups excluding carboxylic acids is 1. The Balaban J connectivity index is 1.28. The van der Waals surface area contributed by atoms with E-state index in [1.165, 1.54) is 17.1 Å². The normalized spacial score (nSPS) is 16.8. The first-order valence-electron chi connectivity index (χ1n) is 14.3. The lowest BCUT2D eigenvalue weighted by Gasteiger charge is -2.29. The second-order valence-corrected chi connectivity index (χ2v) is 11.3. The SMILES string of the molecule is Cn1c(-c2cc3cccc(OCC(F)n4ccnc4)c3n2CC2CC2)nc2cc3c(nc21)CCN(C[C@H](N)CF)C3=O. The Bertz CT molecular complexity index is 1780. The molecule has 5 aromatic rings. The van der Waals surface area contributed by atoms with Crippen molar-refractivity contribution in [2.24, 2.45) is 18.7 Å². The molecule has 12 heteroatoms. The topological polar surface area (TPSA) is 109 Å². The van der Waals surface area contributed by atoms with Crippen LogP contribution in [0.4, 0.5) is 8.78 Å². The van der Waals surface area contributed by atoms with E-state index in [4.69, 9.17) is 20.4 Å². The van der Waals surface area contributed by atoms with E-state index in [0.29, 0.717) is 52.9 Å². The minimum atomic E-state index is -1.36. The Labute approximate surface area is 240 Å². The van der Waals surface area contributed by atoms with Gasteiger partial charge in [0, 0.05) is 50.9 Å². The van der Waals surface area contributed by atoms with Crippen molar-refractivity contribution in [1.82, 2.24) is 33.6 Å². The van der Waals surface area contributed by atoms with E-state index in [1.807, 2.05) is 29.8 Å². The van der Waals surface area contributed by atoms with Gasteiger partial charge in [-0.2, -0.15) is 0 Å². The number of imidazole rings is 2. The third-order valence-corrected chi connectivity index (χ3v) is 8.19. The molecule has 0 radical (unpaired) electrons. The number of pyridine rings is 1. The van der Waals surface area contributed by atoms with Crippen LogP contribution in [-0.2, 0) is 20.0 Å². The second-order valence-electron chi connectivity index (χ2n) is 11.3. The smallest absolute Gasteiger partial charge is 0.255 e. The van der Waals surface area contributed by atoms with Crippen LogP contribution in [0.5, 0.6) is 5.75 Å². The summed E-state index contributed by atoms with van der Waals surface area (Å²) in [6, 6.07) is 8.96. The minimum absolute atomic E-state index is 0.150. The largest absolute Gasteiger partial charge is 0.486 e. The number of ether oxygens (including phenoxy) is 1. The van der Waals surface area contributed by atoms with E-state index in [0.717, 1.165) is 36.0 Å². The van der Waals surface area contributed by atoms with Crippen molar-refractivity contribution in [3.8, 4) is 17.3 Å². The van der Waals surface area contributed by atoms with Gasteiger partial charge in [-0.15, -0.1) is 0 Å². The van der Waals surface area contributed by atoms with Crippen molar-refractivity contribution in [3.05, 3.63) is 60.3 Å². The van der Waals surface area contributed by atoms with Crippen LogP contribution in [-0.4, -0.2) is 71.9 Å². The van der Waals surface area contributed by atoms with E-state index in [1.54, 1.807) is 17.2 Å². The highest BCUT2D eigenvalue weighted by atomic mass is 19.1. The maximum atomic E-state index is 14.8. The van der Waals surface area contributed by atoms with Crippen molar-refractivity contribution in [2.75, 3.05) is 26.4 Å². The van der Waals surface area contributed by atoms with Crippen molar-refractivity contribution in [1.29, 1.82) is 0 Å². The average Bonchev–Trinajstić information content (AvgIpc) is 3.36. The number of hydrogen-bond donors (Lipinski definition) is 1. The lowest BCUT2D eigenvalue weighted by Crippen LogP contribution is -2.45. The summed E-state index contributed by atoms with van der Waals surface area (Å²) in [6.45, 7) is 0.564. The summed E-state index contributed by atoms with van der Waals surface area (Å²) in [5.41, 5.74) is 10.1. The summed E-state index contributed by atoms with van der Waals surface area (Å²) in [5, 5.41) is 0.968. The Morgan fingerprint density at radius 3 is 2.83 bits per heavy atom. The number of para-hydroxylation sites is 1. The molecule has 218 valence electrons. The van der Waals surface area contributed by atoms with Gasteiger partial charge in [0.15, 0.2) is 11.5 Å². The van der Waals surface area contributed by atoms with Crippen molar-refractivity contribution in [2.45, 2.75) is 38.1 Å². The molecule has 0 spiro atoms. The number of hydrogen-bond acceptors (Lipinski definition) is 6. The molecule has 0 saturated heterocycles. The maximum Gasteiger partial charge on any atom is 0.255 e. The van der Waals surface area contributed by atoms with Gasteiger partial charge in [0.2, 0.25) is 6.30 Å². The Morgan fingerprint density at radius 1 is 1.21 bits per heavy atom. The number of nitrogens with two attached hydrogens (primary N) is 1. The summed E-state index contributed by atoms with van der Waals surface area (Å²) in [6.07, 6.45) is 6.05. The Kier molecular flexibility index (Phi) is 6.64. The van der Waals surface area contributed by atoms with Gasteiger partial charge in [-0.3, -0.25) is 4.79 Å². The molecule has 1 unspecified atom stereocenters. The monoisotopic (exact) mass is 574 g/mol. The molecule has 2 aliphatic rings. The van der Waals surface area contributed by atoms with Gasteiger partial charge in [0.1, 0.15) is 24.5 Å². The molecule has 1 fully saturated rings. The minimum Gasteiger partial charge on any atom is -0.486 e. The van der Waals surface area contributed by atoms with E-state index in [2.05, 4.69) is 15.6 Å². The summed E-state index contributed by atoms with van der Waals surface area (Å²) < 4.78 is 39.4. The zero-order valence-electron chi connectivity index (χ0n) is 23.3. The number of amides is 1. The van der Waals surface area contributed by atoms with E-state index in [-0.39, 0.29) is 19.1 Å². The molecule has 5 heterocycles. The first-order chi connectivity index (χ1) is 20.4. The van der Waals surface area contributed by atoms with Gasteiger partial charge in [0.25, 0.3) is 5.91 Å². The number of benzene rings is 1. The van der Waals surface area contributed by atoms with Crippen molar-refractivity contribution >= 4 is 28.0 Å². The summed E-state index contributed by atoms with van der Waals surface area (Å²) in [4.78, 5) is 28.6. The van der Waals surface area contributed by atoms with E-state index < -0.39 is 19.0 Å². The fourth-order valence-electron chi connectivity index (χ4n) is 5.79. The predicted octanol–water partition coefficient (Wildman–Crippen LogP) is 4.04. The molecule has 2 N–H and O–H groups in total. The molecular weight excluding hydrogens is 542 g/mol. The Hall–Kier alpha value is -4.32. The third kappa shape index (κ3) is 4.69. The van der Waals surface area contributed by atoms with Crippen LogP contribution >= 0.6 is 0 Å². The molecule has 2 atom stereocenters. The van der Waals surface area contributed by atoms with Crippen LogP contribution in [0.1, 0.15) is 35.2 Å². The van der Waals surface area contributed by atoms with Crippen LogP contribution in [0.2, 0.25) is 0 Å². The fourth-order valence-corrected chi connectivity index (χ4v) is 5.79. The fraction of sp³-hybridized carbons (Fsp3) is 0.400. The summed E-state index contributed by atoms with van der Waals surface area (Å²) >= 11 is 0. The van der Waals surface area contributed by atoms with Gasteiger partial charge in [-0.25, -0.2) is 23.7 Å². The average molecular weight is 575 g/mol. The number of alkyl halides is 2. The van der Waals surface area contributed by atoms with Gasteiger partial charge in [-0.1, -0.05) is 12.1 Å². The van der Waals surface area contributed by atoms with Crippen LogP contribution in [0, 0.1) is 5.92 Å². The first kappa shape index (κ1) is 26.6.